The van der Waals surface area contributed by atoms with Gasteiger partial charge < -0.3 is 15.2 Å². The number of thiophene rings is 1. The predicted octanol–water partition coefficient (Wildman–Crippen LogP) is 2.67. The zero-order chi connectivity index (χ0) is 15.4. The zero-order valence-corrected chi connectivity index (χ0v) is 13.1. The highest BCUT2D eigenvalue weighted by atomic mass is 32.1. The maximum absolute atomic E-state index is 12.2. The minimum atomic E-state index is -0.550. The Balaban J connectivity index is 1.51. The Kier molecular flexibility index (Phi) is 4.87. The second-order valence-corrected chi connectivity index (χ2v) is 6.47. The van der Waals surface area contributed by atoms with E-state index in [0.717, 1.165) is 29.0 Å². The molecule has 0 saturated heterocycles. The number of nitrogens with one attached hydrogen (secondary N) is 1. The quantitative estimate of drug-likeness (QED) is 0.891. The van der Waals surface area contributed by atoms with Crippen LogP contribution in [-0.2, 0) is 17.8 Å². The second-order valence-electron chi connectivity index (χ2n) is 5.33. The van der Waals surface area contributed by atoms with Gasteiger partial charge in [0.1, 0.15) is 0 Å². The van der Waals surface area contributed by atoms with Crippen molar-refractivity contribution in [2.24, 2.45) is 0 Å². The molecule has 3 rings (SSSR count). The summed E-state index contributed by atoms with van der Waals surface area (Å²) in [5, 5.41) is 13.0. The molecule has 0 saturated carbocycles. The minimum absolute atomic E-state index is 0.0698. The number of aliphatic hydroxyl groups excluding tert-OH is 1. The van der Waals surface area contributed by atoms with E-state index in [9.17, 15) is 9.90 Å². The van der Waals surface area contributed by atoms with Gasteiger partial charge in [0.25, 0.3) is 5.91 Å². The Morgan fingerprint density at radius 3 is 2.95 bits per heavy atom. The van der Waals surface area contributed by atoms with E-state index in [0.29, 0.717) is 19.6 Å². The average molecular weight is 317 g/mol. The van der Waals surface area contributed by atoms with Gasteiger partial charge in [0.15, 0.2) is 0 Å². The number of carbonyl (C=O) groups is 1. The van der Waals surface area contributed by atoms with Gasteiger partial charge in [-0.1, -0.05) is 30.3 Å². The van der Waals surface area contributed by atoms with Gasteiger partial charge >= 0.3 is 0 Å². The predicted molar refractivity (Wildman–Crippen MR) is 86.0 cm³/mol. The fraction of sp³-hybridized carbons (Fsp3) is 0.353. The third-order valence-corrected chi connectivity index (χ3v) is 4.98. The largest absolute Gasteiger partial charge is 0.388 e. The molecule has 2 aromatic rings. The molecule has 0 fully saturated rings. The van der Waals surface area contributed by atoms with E-state index < -0.39 is 6.10 Å². The van der Waals surface area contributed by atoms with Gasteiger partial charge in [0, 0.05) is 17.8 Å². The third kappa shape index (κ3) is 3.55. The molecule has 0 aliphatic carbocycles. The van der Waals surface area contributed by atoms with Gasteiger partial charge in [-0.05, 0) is 23.6 Å². The lowest BCUT2D eigenvalue weighted by molar-refractivity contribution is 0.0946. The first-order valence-corrected chi connectivity index (χ1v) is 8.26. The Morgan fingerprint density at radius 2 is 2.18 bits per heavy atom. The van der Waals surface area contributed by atoms with Crippen LogP contribution in [0.5, 0.6) is 0 Å². The van der Waals surface area contributed by atoms with Crippen molar-refractivity contribution in [3.8, 4) is 0 Å². The number of hydrogen-bond acceptors (Lipinski definition) is 4. The van der Waals surface area contributed by atoms with Crippen LogP contribution in [0.25, 0.3) is 0 Å². The Bertz CT molecular complexity index is 615. The average Bonchev–Trinajstić information content (AvgIpc) is 2.99. The van der Waals surface area contributed by atoms with Crippen molar-refractivity contribution >= 4 is 17.2 Å². The first-order valence-electron chi connectivity index (χ1n) is 7.44. The standard InChI is InChI=1S/C17H19NO3S/c19-14(12-4-2-1-3-5-12)6-8-18-17(20)16-10-13-11-21-9-7-15(13)22-16/h1-5,10,14,19H,6-9,11H2,(H,18,20). The number of carbonyl (C=O) groups excluding carboxylic acids is 1. The van der Waals surface area contributed by atoms with Crippen molar-refractivity contribution in [1.29, 1.82) is 0 Å². The number of rotatable bonds is 5. The molecule has 1 unspecified atom stereocenters. The summed E-state index contributed by atoms with van der Waals surface area (Å²) >= 11 is 1.54. The first-order chi connectivity index (χ1) is 10.7. The Morgan fingerprint density at radius 1 is 1.36 bits per heavy atom. The molecular weight excluding hydrogens is 298 g/mol. The molecule has 5 heteroatoms. The molecule has 0 bridgehead atoms. The van der Waals surface area contributed by atoms with Crippen LogP contribution < -0.4 is 5.32 Å². The number of fused-ring (bicyclic) bond motifs is 1. The number of hydrogen-bond donors (Lipinski definition) is 2. The van der Waals surface area contributed by atoms with E-state index in [4.69, 9.17) is 4.74 Å². The molecule has 1 amide bonds. The minimum Gasteiger partial charge on any atom is -0.388 e. The van der Waals surface area contributed by atoms with Crippen LogP contribution in [-0.4, -0.2) is 24.2 Å². The summed E-state index contributed by atoms with van der Waals surface area (Å²) in [5.74, 6) is -0.0698. The van der Waals surface area contributed by atoms with E-state index in [2.05, 4.69) is 5.32 Å². The highest BCUT2D eigenvalue weighted by Crippen LogP contribution is 2.26. The highest BCUT2D eigenvalue weighted by molar-refractivity contribution is 7.14. The van der Waals surface area contributed by atoms with Crippen LogP contribution in [0.2, 0.25) is 0 Å². The molecule has 0 radical (unpaired) electrons. The van der Waals surface area contributed by atoms with Crippen LogP contribution in [0.3, 0.4) is 0 Å². The van der Waals surface area contributed by atoms with Crippen LogP contribution in [0, 0.1) is 0 Å². The van der Waals surface area contributed by atoms with Crippen molar-refractivity contribution in [1.82, 2.24) is 5.32 Å². The summed E-state index contributed by atoms with van der Waals surface area (Å²) in [6, 6.07) is 11.4. The molecule has 1 atom stereocenters. The third-order valence-electron chi connectivity index (χ3n) is 3.74. The number of ether oxygens (including phenoxy) is 1. The number of amides is 1. The lowest BCUT2D eigenvalue weighted by Gasteiger charge is -2.11. The molecule has 0 spiro atoms. The van der Waals surface area contributed by atoms with E-state index in [1.54, 1.807) is 11.3 Å². The lowest BCUT2D eigenvalue weighted by Crippen LogP contribution is -2.24. The Labute approximate surface area is 133 Å². The highest BCUT2D eigenvalue weighted by Gasteiger charge is 2.17. The summed E-state index contributed by atoms with van der Waals surface area (Å²) in [5.41, 5.74) is 2.01. The van der Waals surface area contributed by atoms with Crippen molar-refractivity contribution < 1.29 is 14.6 Å². The van der Waals surface area contributed by atoms with Crippen LogP contribution in [0.15, 0.2) is 36.4 Å². The fourth-order valence-electron chi connectivity index (χ4n) is 2.51. The molecule has 116 valence electrons. The van der Waals surface area contributed by atoms with Gasteiger partial charge in [0.05, 0.1) is 24.2 Å². The zero-order valence-electron chi connectivity index (χ0n) is 12.2. The molecular formula is C17H19NO3S. The summed E-state index contributed by atoms with van der Waals surface area (Å²) < 4.78 is 5.39. The van der Waals surface area contributed by atoms with Crippen LogP contribution in [0.4, 0.5) is 0 Å². The van der Waals surface area contributed by atoms with Crippen molar-refractivity contribution in [3.05, 3.63) is 57.3 Å². The van der Waals surface area contributed by atoms with Gasteiger partial charge in [0.2, 0.25) is 0 Å². The lowest BCUT2D eigenvalue weighted by atomic mass is 10.1. The maximum Gasteiger partial charge on any atom is 0.261 e. The molecule has 4 nitrogen and oxygen atoms in total. The summed E-state index contributed by atoms with van der Waals surface area (Å²) in [4.78, 5) is 14.1. The Hall–Kier alpha value is -1.69. The summed E-state index contributed by atoms with van der Waals surface area (Å²) in [6.45, 7) is 1.79. The summed E-state index contributed by atoms with van der Waals surface area (Å²) in [7, 11) is 0. The first kappa shape index (κ1) is 15.2. The molecule has 1 aromatic carbocycles. The van der Waals surface area contributed by atoms with Gasteiger partial charge in [-0.3, -0.25) is 4.79 Å². The van der Waals surface area contributed by atoms with Crippen molar-refractivity contribution in [3.63, 3.8) is 0 Å². The molecule has 2 N–H and O–H groups in total. The van der Waals surface area contributed by atoms with Gasteiger partial charge in [-0.2, -0.15) is 0 Å². The maximum atomic E-state index is 12.2. The van der Waals surface area contributed by atoms with E-state index in [1.165, 1.54) is 4.88 Å². The van der Waals surface area contributed by atoms with Crippen molar-refractivity contribution in [2.75, 3.05) is 13.2 Å². The molecule has 1 aliphatic rings. The number of benzene rings is 1. The van der Waals surface area contributed by atoms with E-state index in [-0.39, 0.29) is 5.91 Å². The van der Waals surface area contributed by atoms with E-state index in [1.807, 2.05) is 36.4 Å². The smallest absolute Gasteiger partial charge is 0.261 e. The van der Waals surface area contributed by atoms with Crippen LogP contribution in [0.1, 0.15) is 38.2 Å². The number of aliphatic hydroxyl groups is 1. The van der Waals surface area contributed by atoms with Gasteiger partial charge in [-0.15, -0.1) is 11.3 Å². The fourth-order valence-corrected chi connectivity index (χ4v) is 3.58. The molecule has 2 heterocycles. The van der Waals surface area contributed by atoms with E-state index >= 15 is 0 Å². The topological polar surface area (TPSA) is 58.6 Å². The van der Waals surface area contributed by atoms with Crippen molar-refractivity contribution in [2.45, 2.75) is 25.6 Å². The normalized spacial score (nSPS) is 15.1. The van der Waals surface area contributed by atoms with Crippen LogP contribution >= 0.6 is 11.3 Å². The summed E-state index contributed by atoms with van der Waals surface area (Å²) in [6.07, 6.45) is 0.843. The second kappa shape index (κ2) is 7.05. The molecule has 1 aromatic heterocycles. The van der Waals surface area contributed by atoms with Gasteiger partial charge in [-0.25, -0.2) is 0 Å². The monoisotopic (exact) mass is 317 g/mol. The SMILES string of the molecule is O=C(NCCC(O)c1ccccc1)c1cc2c(s1)CCOC2. The molecule has 22 heavy (non-hydrogen) atoms. The molecule has 1 aliphatic heterocycles.